The van der Waals surface area contributed by atoms with Gasteiger partial charge in [0.05, 0.1) is 22.9 Å². The van der Waals surface area contributed by atoms with Crippen LogP contribution in [0.1, 0.15) is 52.7 Å². The number of amides is 3. The van der Waals surface area contributed by atoms with Gasteiger partial charge in [0.25, 0.3) is 11.8 Å². The van der Waals surface area contributed by atoms with Crippen LogP contribution in [0.3, 0.4) is 0 Å². The Bertz CT molecular complexity index is 919. The highest BCUT2D eigenvalue weighted by molar-refractivity contribution is 6.22. The summed E-state index contributed by atoms with van der Waals surface area (Å²) in [7, 11) is 0. The average Bonchev–Trinajstić information content (AvgIpc) is 3.17. The second-order valence-electron chi connectivity index (χ2n) is 8.01. The number of benzene rings is 1. The molecule has 0 spiro atoms. The first-order valence-corrected chi connectivity index (χ1v) is 9.06. The van der Waals surface area contributed by atoms with Gasteiger partial charge in [-0.15, -0.1) is 0 Å². The first-order chi connectivity index (χ1) is 12.8. The molecule has 7 nitrogen and oxygen atoms in total. The van der Waals surface area contributed by atoms with Crippen LogP contribution in [0, 0.1) is 0 Å². The van der Waals surface area contributed by atoms with Crippen LogP contribution in [0.4, 0.5) is 0 Å². The minimum atomic E-state index is -0.401. The molecule has 0 bridgehead atoms. The molecule has 1 aromatic carbocycles. The third-order valence-corrected chi connectivity index (χ3v) is 5.09. The van der Waals surface area contributed by atoms with E-state index in [4.69, 9.17) is 0 Å². The van der Waals surface area contributed by atoms with Crippen LogP contribution in [-0.4, -0.2) is 50.4 Å². The molecule has 0 aliphatic carbocycles. The summed E-state index contributed by atoms with van der Waals surface area (Å²) < 4.78 is 2.01. The Morgan fingerprint density at radius 3 is 2.33 bits per heavy atom. The number of imide groups is 1. The Morgan fingerprint density at radius 2 is 1.74 bits per heavy atom. The van der Waals surface area contributed by atoms with Gasteiger partial charge >= 0.3 is 0 Å². The van der Waals surface area contributed by atoms with Gasteiger partial charge in [-0.25, -0.2) is 0 Å². The summed E-state index contributed by atoms with van der Waals surface area (Å²) >= 11 is 0. The minimum Gasteiger partial charge on any atom is -0.336 e. The highest BCUT2D eigenvalue weighted by atomic mass is 16.2. The van der Waals surface area contributed by atoms with Gasteiger partial charge in [-0.2, -0.15) is 5.10 Å². The van der Waals surface area contributed by atoms with E-state index in [-0.39, 0.29) is 18.0 Å². The first-order valence-electron chi connectivity index (χ1n) is 9.06. The SMILES string of the molecule is CC(C)(C)n1ncc2c1CCN(C(=O)CN1C(=O)c3ccccc3C1=O)C2. The molecule has 0 saturated heterocycles. The van der Waals surface area contributed by atoms with E-state index in [1.807, 2.05) is 10.9 Å². The molecule has 0 N–H and O–H groups in total. The zero-order valence-corrected chi connectivity index (χ0v) is 15.7. The topological polar surface area (TPSA) is 75.5 Å². The molecule has 140 valence electrons. The van der Waals surface area contributed by atoms with E-state index >= 15 is 0 Å². The van der Waals surface area contributed by atoms with Crippen LogP contribution in [-0.2, 0) is 23.3 Å². The number of rotatable bonds is 2. The molecule has 2 aliphatic rings. The van der Waals surface area contributed by atoms with E-state index in [9.17, 15) is 14.4 Å². The van der Waals surface area contributed by atoms with E-state index in [0.29, 0.717) is 30.6 Å². The molecule has 2 aliphatic heterocycles. The number of carbonyl (C=O) groups excluding carboxylic acids is 3. The Morgan fingerprint density at radius 1 is 1.11 bits per heavy atom. The molecule has 4 rings (SSSR count). The number of fused-ring (bicyclic) bond motifs is 2. The Kier molecular flexibility index (Phi) is 3.91. The molecule has 0 radical (unpaired) electrons. The van der Waals surface area contributed by atoms with Crippen molar-refractivity contribution in [3.63, 3.8) is 0 Å². The Balaban J connectivity index is 1.49. The molecular weight excluding hydrogens is 344 g/mol. The lowest BCUT2D eigenvalue weighted by Crippen LogP contribution is -2.44. The average molecular weight is 366 g/mol. The fourth-order valence-electron chi connectivity index (χ4n) is 3.74. The predicted molar refractivity (Wildman–Crippen MR) is 98.2 cm³/mol. The quantitative estimate of drug-likeness (QED) is 0.760. The van der Waals surface area contributed by atoms with Crippen LogP contribution in [0.15, 0.2) is 30.5 Å². The molecule has 3 amide bonds. The summed E-state index contributed by atoms with van der Waals surface area (Å²) in [6.45, 7) is 7.07. The van der Waals surface area contributed by atoms with E-state index in [2.05, 4.69) is 25.9 Å². The van der Waals surface area contributed by atoms with Gasteiger partial charge in [0, 0.05) is 30.8 Å². The molecule has 3 heterocycles. The lowest BCUT2D eigenvalue weighted by molar-refractivity contribution is -0.132. The van der Waals surface area contributed by atoms with Gasteiger partial charge in [-0.05, 0) is 32.9 Å². The van der Waals surface area contributed by atoms with Gasteiger partial charge in [-0.1, -0.05) is 12.1 Å². The maximum atomic E-state index is 12.8. The van der Waals surface area contributed by atoms with E-state index in [0.717, 1.165) is 16.2 Å². The largest absolute Gasteiger partial charge is 0.336 e. The van der Waals surface area contributed by atoms with Crippen LogP contribution in [0.2, 0.25) is 0 Å². The van der Waals surface area contributed by atoms with Crippen molar-refractivity contribution in [2.45, 2.75) is 39.3 Å². The fourth-order valence-corrected chi connectivity index (χ4v) is 3.74. The number of carbonyl (C=O) groups is 3. The summed E-state index contributed by atoms with van der Waals surface area (Å²) in [5.41, 5.74) is 2.78. The standard InChI is InChI=1S/C20H22N4O3/c1-20(2,3)24-16-8-9-22(11-13(16)10-21-24)17(25)12-23-18(26)14-6-4-5-7-15(14)19(23)27/h4-7,10H,8-9,11-12H2,1-3H3. The van der Waals surface area contributed by atoms with E-state index < -0.39 is 11.8 Å². The minimum absolute atomic E-state index is 0.111. The van der Waals surface area contributed by atoms with Crippen molar-refractivity contribution >= 4 is 17.7 Å². The van der Waals surface area contributed by atoms with E-state index in [1.54, 1.807) is 29.2 Å². The Labute approximate surface area is 157 Å². The van der Waals surface area contributed by atoms with Crippen LogP contribution in [0.25, 0.3) is 0 Å². The lowest BCUT2D eigenvalue weighted by Gasteiger charge is -2.31. The molecule has 0 unspecified atom stereocenters. The number of aromatic nitrogens is 2. The van der Waals surface area contributed by atoms with Crippen molar-refractivity contribution in [3.8, 4) is 0 Å². The fraction of sp³-hybridized carbons (Fsp3) is 0.400. The third-order valence-electron chi connectivity index (χ3n) is 5.09. The summed E-state index contributed by atoms with van der Waals surface area (Å²) in [6.07, 6.45) is 2.52. The van der Waals surface area contributed by atoms with Gasteiger partial charge in [0.1, 0.15) is 6.54 Å². The molecular formula is C20H22N4O3. The highest BCUT2D eigenvalue weighted by Gasteiger charge is 2.37. The molecule has 0 atom stereocenters. The molecule has 0 saturated carbocycles. The normalized spacial score (nSPS) is 16.6. The molecule has 7 heteroatoms. The van der Waals surface area contributed by atoms with Gasteiger partial charge in [0.2, 0.25) is 5.91 Å². The van der Waals surface area contributed by atoms with Crippen LogP contribution >= 0.6 is 0 Å². The van der Waals surface area contributed by atoms with Crippen molar-refractivity contribution in [1.29, 1.82) is 0 Å². The van der Waals surface area contributed by atoms with Crippen LogP contribution < -0.4 is 0 Å². The van der Waals surface area contributed by atoms with Gasteiger partial charge in [0.15, 0.2) is 0 Å². The zero-order chi connectivity index (χ0) is 19.3. The van der Waals surface area contributed by atoms with E-state index in [1.165, 1.54) is 0 Å². The van der Waals surface area contributed by atoms with Gasteiger partial charge < -0.3 is 4.90 Å². The molecule has 2 aromatic rings. The molecule has 0 fully saturated rings. The summed E-state index contributed by atoms with van der Waals surface area (Å²) in [5, 5.41) is 4.48. The summed E-state index contributed by atoms with van der Waals surface area (Å²) in [5.74, 6) is -1.02. The number of hydrogen-bond donors (Lipinski definition) is 0. The first kappa shape index (κ1) is 17.5. The lowest BCUT2D eigenvalue weighted by atomic mass is 10.0. The summed E-state index contributed by atoms with van der Waals surface area (Å²) in [6, 6.07) is 6.67. The van der Waals surface area contributed by atoms with Gasteiger partial charge in [-0.3, -0.25) is 24.0 Å². The van der Waals surface area contributed by atoms with Crippen molar-refractivity contribution in [2.75, 3.05) is 13.1 Å². The highest BCUT2D eigenvalue weighted by Crippen LogP contribution is 2.26. The monoisotopic (exact) mass is 366 g/mol. The van der Waals surface area contributed by atoms with Crippen molar-refractivity contribution < 1.29 is 14.4 Å². The maximum absolute atomic E-state index is 12.8. The second kappa shape index (κ2) is 6.04. The molecule has 1 aromatic heterocycles. The predicted octanol–water partition coefficient (Wildman–Crippen LogP) is 1.82. The zero-order valence-electron chi connectivity index (χ0n) is 15.7. The van der Waals surface area contributed by atoms with Crippen LogP contribution in [0.5, 0.6) is 0 Å². The van der Waals surface area contributed by atoms with Crippen molar-refractivity contribution in [1.82, 2.24) is 19.6 Å². The van der Waals surface area contributed by atoms with Crippen molar-refractivity contribution in [2.24, 2.45) is 0 Å². The third kappa shape index (κ3) is 2.83. The number of nitrogens with zero attached hydrogens (tertiary/aromatic N) is 4. The maximum Gasteiger partial charge on any atom is 0.262 e. The molecule has 27 heavy (non-hydrogen) atoms. The second-order valence-corrected chi connectivity index (χ2v) is 8.01. The smallest absolute Gasteiger partial charge is 0.262 e. The summed E-state index contributed by atoms with van der Waals surface area (Å²) in [4.78, 5) is 40.4. The number of hydrogen-bond acceptors (Lipinski definition) is 4. The Hall–Kier alpha value is -2.96. The van der Waals surface area contributed by atoms with Crippen molar-refractivity contribution in [3.05, 3.63) is 52.8 Å².